The Bertz CT molecular complexity index is 1060. The van der Waals surface area contributed by atoms with E-state index in [0.29, 0.717) is 24.7 Å². The zero-order chi connectivity index (χ0) is 50.2. The summed E-state index contributed by atoms with van der Waals surface area (Å²) in [5.41, 5.74) is 0.539. The molecule has 0 radical (unpaired) electrons. The Labute approximate surface area is 424 Å². The van der Waals surface area contributed by atoms with Crippen LogP contribution in [-0.2, 0) is 28.6 Å². The van der Waals surface area contributed by atoms with Crippen LogP contribution in [0.4, 0.5) is 0 Å². The predicted molar refractivity (Wildman–Crippen MR) is 287 cm³/mol. The molecule has 9 nitrogen and oxygen atoms in total. The average Bonchev–Trinajstić information content (AvgIpc) is 3.34. The minimum Gasteiger partial charge on any atom is -0.439 e. The summed E-state index contributed by atoms with van der Waals surface area (Å²) in [7, 11) is 0. The van der Waals surface area contributed by atoms with E-state index in [1.54, 1.807) is 0 Å². The first-order valence-corrected chi connectivity index (χ1v) is 29.2. The van der Waals surface area contributed by atoms with Gasteiger partial charge in [0.2, 0.25) is 0 Å². The highest BCUT2D eigenvalue weighted by Crippen LogP contribution is 2.40. The van der Waals surface area contributed by atoms with Crippen molar-refractivity contribution in [1.82, 2.24) is 0 Å². The van der Waals surface area contributed by atoms with E-state index in [2.05, 4.69) is 57.6 Å². The maximum atomic E-state index is 11.3. The molecule has 9 heteroatoms. The van der Waals surface area contributed by atoms with Gasteiger partial charge >= 0.3 is 17.9 Å². The lowest BCUT2D eigenvalue weighted by Gasteiger charge is -2.34. The summed E-state index contributed by atoms with van der Waals surface area (Å²) >= 11 is 0. The molecule has 0 saturated carbocycles. The third-order valence-electron chi connectivity index (χ3n) is 14.2. The molecule has 0 aliphatic heterocycles. The van der Waals surface area contributed by atoms with Crippen molar-refractivity contribution >= 4 is 17.9 Å². The van der Waals surface area contributed by atoms with Crippen molar-refractivity contribution in [2.24, 2.45) is 5.41 Å². The van der Waals surface area contributed by atoms with Gasteiger partial charge in [-0.25, -0.2) is 0 Å². The number of hydrogen-bond acceptors (Lipinski definition) is 9. The summed E-state index contributed by atoms with van der Waals surface area (Å²) in [6.45, 7) is 0.949. The number of carbonyl (C=O) groups is 3. The largest absolute Gasteiger partial charge is 0.439 e. The van der Waals surface area contributed by atoms with Gasteiger partial charge in [-0.05, 0) is 121 Å². The van der Waals surface area contributed by atoms with Crippen LogP contribution in [0.2, 0.25) is 0 Å². The molecule has 0 rings (SSSR count). The van der Waals surface area contributed by atoms with Crippen LogP contribution in [0.5, 0.6) is 0 Å². The first kappa shape index (κ1) is 66.5. The highest BCUT2D eigenvalue weighted by atomic mass is 16.6. The summed E-state index contributed by atoms with van der Waals surface area (Å²) in [4.78, 5) is 33.9. The van der Waals surface area contributed by atoms with Crippen molar-refractivity contribution < 1.29 is 43.9 Å². The lowest BCUT2D eigenvalue weighted by atomic mass is 9.72. The van der Waals surface area contributed by atoms with Gasteiger partial charge in [-0.15, -0.1) is 0 Å². The fraction of sp³-hybridized carbons (Fsp3) is 0.850. The highest BCUT2D eigenvalue weighted by Gasteiger charge is 2.26. The molecule has 0 amide bonds. The van der Waals surface area contributed by atoms with Gasteiger partial charge in [0.1, 0.15) is 0 Å². The number of hydrogen-bond donors (Lipinski definition) is 3. The molecule has 0 bridgehead atoms. The minimum atomic E-state index is -0.512. The summed E-state index contributed by atoms with van der Waals surface area (Å²) < 4.78 is 13.7. The number of allylic oxidation sites excluding steroid dienone is 6. The maximum Gasteiger partial charge on any atom is 0.307 e. The lowest BCUT2D eigenvalue weighted by molar-refractivity contribution is -0.152. The van der Waals surface area contributed by atoms with E-state index in [0.717, 1.165) is 77.0 Å². The molecule has 0 aliphatic carbocycles. The van der Waals surface area contributed by atoms with E-state index < -0.39 is 20.4 Å². The monoisotopic (exact) mass is 975 g/mol. The Morgan fingerprint density at radius 3 is 0.696 bits per heavy atom. The molecule has 3 N–H and O–H groups in total. The van der Waals surface area contributed by atoms with E-state index >= 15 is 0 Å². The molecule has 0 heterocycles. The first-order chi connectivity index (χ1) is 33.9. The van der Waals surface area contributed by atoms with Gasteiger partial charge in [0.25, 0.3) is 0 Å². The Kier molecular flexibility index (Phi) is 52.9. The molecule has 0 atom stereocenters. The summed E-state index contributed by atoms with van der Waals surface area (Å²) in [6.07, 6.45) is 69.2. The van der Waals surface area contributed by atoms with Crippen LogP contribution in [0.3, 0.4) is 0 Å². The molecule has 0 fully saturated rings. The molecule has 0 aromatic carbocycles. The minimum absolute atomic E-state index is 0.299. The molecular weight excluding hydrogens is 865 g/mol. The molecule has 0 spiro atoms. The van der Waals surface area contributed by atoms with Crippen molar-refractivity contribution in [3.63, 3.8) is 0 Å². The van der Waals surface area contributed by atoms with E-state index in [4.69, 9.17) is 15.3 Å². The van der Waals surface area contributed by atoms with Gasteiger partial charge in [-0.2, -0.15) is 0 Å². The van der Waals surface area contributed by atoms with Crippen LogP contribution in [0.15, 0.2) is 36.5 Å². The third-order valence-corrected chi connectivity index (χ3v) is 14.2. The standard InChI is InChI=1S/C60H110O9/c1-2-60(51-45-39-33-27-21-15-9-3-6-12-18-24-30-36-42-48-57(64)67-54-61,52-46-40-34-28-22-16-10-4-7-13-19-25-31-37-43-49-58(65)68-55-62)53-47-41-35-29-23-17-11-5-8-14-20-26-32-38-44-50-59(66)69-56-63/h3-8,61-63H,2,9-56H2,1H3. The zero-order valence-electron chi connectivity index (χ0n) is 44.9. The fourth-order valence-electron chi connectivity index (χ4n) is 9.64. The van der Waals surface area contributed by atoms with Crippen molar-refractivity contribution in [3.8, 4) is 0 Å². The van der Waals surface area contributed by atoms with Crippen molar-refractivity contribution in [2.75, 3.05) is 20.4 Å². The molecule has 0 saturated heterocycles. The predicted octanol–water partition coefficient (Wildman–Crippen LogP) is 17.1. The Morgan fingerprint density at radius 2 is 0.493 bits per heavy atom. The fourth-order valence-corrected chi connectivity index (χ4v) is 9.64. The Balaban J connectivity index is 4.36. The zero-order valence-corrected chi connectivity index (χ0v) is 44.9. The molecule has 404 valence electrons. The van der Waals surface area contributed by atoms with Gasteiger partial charge in [-0.3, -0.25) is 14.4 Å². The maximum absolute atomic E-state index is 11.3. The van der Waals surface area contributed by atoms with Gasteiger partial charge in [0.15, 0.2) is 20.4 Å². The number of carbonyl (C=O) groups excluding carboxylic acids is 3. The summed E-state index contributed by atoms with van der Waals surface area (Å²) in [6, 6.07) is 0. The Hall–Kier alpha value is -2.49. The SMILES string of the molecule is CCC(CCCCCCCCC=CCCCCCCCC(=O)OCO)(CCCCCCCCC=CCCCCCCCC(=O)OCO)CCCCCCCCC=CCCCCCCCC(=O)OCO. The topological polar surface area (TPSA) is 140 Å². The van der Waals surface area contributed by atoms with Crippen LogP contribution in [-0.4, -0.2) is 53.6 Å². The highest BCUT2D eigenvalue weighted by molar-refractivity contribution is 5.69. The van der Waals surface area contributed by atoms with Gasteiger partial charge in [-0.1, -0.05) is 204 Å². The van der Waals surface area contributed by atoms with Crippen molar-refractivity contribution in [1.29, 1.82) is 0 Å². The van der Waals surface area contributed by atoms with Crippen molar-refractivity contribution in [3.05, 3.63) is 36.5 Å². The smallest absolute Gasteiger partial charge is 0.307 e. The number of aliphatic hydroxyl groups excluding tert-OH is 3. The van der Waals surface area contributed by atoms with E-state index in [1.807, 2.05) is 0 Å². The number of aliphatic hydroxyl groups is 3. The molecule has 0 aliphatic rings. The van der Waals surface area contributed by atoms with E-state index in [9.17, 15) is 14.4 Å². The van der Waals surface area contributed by atoms with Crippen LogP contribution >= 0.6 is 0 Å². The van der Waals surface area contributed by atoms with Crippen LogP contribution in [0, 0.1) is 5.41 Å². The second-order valence-corrected chi connectivity index (χ2v) is 20.1. The summed E-state index contributed by atoms with van der Waals surface area (Å²) in [5.74, 6) is -0.896. The van der Waals surface area contributed by atoms with Gasteiger partial charge in [0, 0.05) is 19.3 Å². The first-order valence-electron chi connectivity index (χ1n) is 29.2. The number of unbranched alkanes of at least 4 members (excludes halogenated alkanes) is 33. The second kappa shape index (κ2) is 54.8. The van der Waals surface area contributed by atoms with Gasteiger partial charge < -0.3 is 29.5 Å². The third kappa shape index (κ3) is 50.3. The Morgan fingerprint density at radius 1 is 0.304 bits per heavy atom. The normalized spacial score (nSPS) is 12.7. The molecule has 0 aromatic heterocycles. The van der Waals surface area contributed by atoms with E-state index in [-0.39, 0.29) is 17.9 Å². The van der Waals surface area contributed by atoms with Crippen LogP contribution < -0.4 is 0 Å². The summed E-state index contributed by atoms with van der Waals surface area (Å²) in [5, 5.41) is 25.9. The number of esters is 3. The van der Waals surface area contributed by atoms with Gasteiger partial charge in [0.05, 0.1) is 0 Å². The van der Waals surface area contributed by atoms with Crippen LogP contribution in [0.25, 0.3) is 0 Å². The number of ether oxygens (including phenoxy) is 3. The second-order valence-electron chi connectivity index (χ2n) is 20.1. The lowest BCUT2D eigenvalue weighted by Crippen LogP contribution is -2.20. The molecule has 0 aromatic rings. The molecular formula is C60H110O9. The van der Waals surface area contributed by atoms with Crippen LogP contribution in [0.1, 0.15) is 302 Å². The average molecular weight is 976 g/mol. The van der Waals surface area contributed by atoms with Crippen molar-refractivity contribution in [2.45, 2.75) is 302 Å². The molecule has 69 heavy (non-hydrogen) atoms. The van der Waals surface area contributed by atoms with E-state index in [1.165, 1.54) is 199 Å². The number of rotatable bonds is 55. The quantitative estimate of drug-likeness (QED) is 0.0179. The molecule has 0 unspecified atom stereocenters.